The highest BCUT2D eigenvalue weighted by molar-refractivity contribution is 7.89. The number of nitrogens with zero attached hydrogens (tertiary/aromatic N) is 2. The molecule has 2 fully saturated rings. The van der Waals surface area contributed by atoms with Crippen molar-refractivity contribution >= 4 is 44.2 Å². The molecule has 2 aromatic rings. The van der Waals surface area contributed by atoms with Gasteiger partial charge in [0.2, 0.25) is 21.8 Å². The minimum atomic E-state index is -3.94. The van der Waals surface area contributed by atoms with Gasteiger partial charge in [0.05, 0.1) is 11.4 Å². The SMILES string of the molecule is O=C1C(NS(=O)(=O)c2ccc3cc(Cl)ccc3c2)CCCN1CC(=O)N1CCCCC1CCO. The number of hydrogen-bond donors (Lipinski definition) is 2. The predicted molar refractivity (Wildman–Crippen MR) is 130 cm³/mol. The van der Waals surface area contributed by atoms with Gasteiger partial charge < -0.3 is 14.9 Å². The molecule has 4 rings (SSSR count). The van der Waals surface area contributed by atoms with Crippen LogP contribution in [0.3, 0.4) is 0 Å². The summed E-state index contributed by atoms with van der Waals surface area (Å²) in [5, 5.41) is 11.4. The third kappa shape index (κ3) is 5.54. The van der Waals surface area contributed by atoms with E-state index in [2.05, 4.69) is 4.72 Å². The van der Waals surface area contributed by atoms with Crippen molar-refractivity contribution in [3.8, 4) is 0 Å². The van der Waals surface area contributed by atoms with E-state index in [0.29, 0.717) is 37.4 Å². The number of piperidine rings is 2. The van der Waals surface area contributed by atoms with E-state index in [4.69, 9.17) is 11.6 Å². The summed E-state index contributed by atoms with van der Waals surface area (Å²) in [5.74, 6) is -0.533. The summed E-state index contributed by atoms with van der Waals surface area (Å²) in [6, 6.07) is 9.01. The number of fused-ring (bicyclic) bond motifs is 1. The molecule has 2 atom stereocenters. The molecule has 0 saturated carbocycles. The second-order valence-electron chi connectivity index (χ2n) is 8.98. The lowest BCUT2D eigenvalue weighted by atomic mass is 9.99. The Hall–Kier alpha value is -2.20. The van der Waals surface area contributed by atoms with E-state index in [0.717, 1.165) is 30.0 Å². The fraction of sp³-hybridized carbons (Fsp3) is 0.500. The zero-order valence-electron chi connectivity index (χ0n) is 19.0. The first-order valence-electron chi connectivity index (χ1n) is 11.7. The van der Waals surface area contributed by atoms with Crippen molar-refractivity contribution in [3.63, 3.8) is 0 Å². The lowest BCUT2D eigenvalue weighted by Gasteiger charge is -2.38. The Balaban J connectivity index is 1.44. The summed E-state index contributed by atoms with van der Waals surface area (Å²) >= 11 is 6.01. The van der Waals surface area contributed by atoms with Crippen LogP contribution in [-0.4, -0.2) is 73.5 Å². The van der Waals surface area contributed by atoms with Crippen LogP contribution >= 0.6 is 11.6 Å². The van der Waals surface area contributed by atoms with Crippen LogP contribution in [0.25, 0.3) is 10.8 Å². The third-order valence-corrected chi connectivity index (χ3v) is 8.35. The minimum Gasteiger partial charge on any atom is -0.396 e. The molecule has 0 aliphatic carbocycles. The first-order chi connectivity index (χ1) is 16.3. The molecule has 0 bridgehead atoms. The molecule has 2 heterocycles. The van der Waals surface area contributed by atoms with Gasteiger partial charge in [0.25, 0.3) is 0 Å². The second-order valence-corrected chi connectivity index (χ2v) is 11.1. The van der Waals surface area contributed by atoms with Crippen LogP contribution in [0.5, 0.6) is 0 Å². The Morgan fingerprint density at radius 2 is 1.82 bits per heavy atom. The van der Waals surface area contributed by atoms with E-state index in [9.17, 15) is 23.1 Å². The van der Waals surface area contributed by atoms with Gasteiger partial charge in [-0.15, -0.1) is 0 Å². The van der Waals surface area contributed by atoms with Crippen LogP contribution in [0.15, 0.2) is 41.3 Å². The summed E-state index contributed by atoms with van der Waals surface area (Å²) in [6.45, 7) is 0.977. The molecule has 2 aliphatic rings. The standard InChI is InChI=1S/C24H30ClN3O5S/c25-19-8-6-18-15-21(9-7-17(18)14-19)34(32,33)26-22-5-3-11-27(24(22)31)16-23(30)28-12-2-1-4-20(28)10-13-29/h6-9,14-15,20,22,26,29H,1-5,10-13,16H2. The maximum atomic E-state index is 13.1. The Morgan fingerprint density at radius 3 is 2.62 bits per heavy atom. The van der Waals surface area contributed by atoms with Gasteiger partial charge in [-0.2, -0.15) is 4.72 Å². The van der Waals surface area contributed by atoms with Gasteiger partial charge in [0.15, 0.2) is 0 Å². The average molecular weight is 508 g/mol. The highest BCUT2D eigenvalue weighted by Gasteiger charge is 2.35. The van der Waals surface area contributed by atoms with Crippen LogP contribution < -0.4 is 4.72 Å². The Kier molecular flexibility index (Phi) is 7.77. The highest BCUT2D eigenvalue weighted by atomic mass is 35.5. The Bertz CT molecular complexity index is 1170. The fourth-order valence-electron chi connectivity index (χ4n) is 4.86. The van der Waals surface area contributed by atoms with E-state index in [1.54, 1.807) is 35.2 Å². The summed E-state index contributed by atoms with van der Waals surface area (Å²) < 4.78 is 28.6. The van der Waals surface area contributed by atoms with Crippen LogP contribution in [0, 0.1) is 0 Å². The number of rotatable bonds is 7. The number of aliphatic hydroxyl groups excluding tert-OH is 1. The molecule has 0 aromatic heterocycles. The van der Waals surface area contributed by atoms with Gasteiger partial charge in [0, 0.05) is 30.8 Å². The third-order valence-electron chi connectivity index (χ3n) is 6.65. The molecular formula is C24H30ClN3O5S. The summed E-state index contributed by atoms with van der Waals surface area (Å²) in [5.41, 5.74) is 0. The number of benzene rings is 2. The molecule has 34 heavy (non-hydrogen) atoms. The number of nitrogens with one attached hydrogen (secondary N) is 1. The topological polar surface area (TPSA) is 107 Å². The quantitative estimate of drug-likeness (QED) is 0.599. The van der Waals surface area contributed by atoms with Crippen molar-refractivity contribution in [2.45, 2.75) is 55.5 Å². The molecule has 2 amide bonds. The molecule has 0 radical (unpaired) electrons. The number of carbonyl (C=O) groups excluding carboxylic acids is 2. The zero-order valence-corrected chi connectivity index (χ0v) is 20.5. The molecule has 2 N–H and O–H groups in total. The summed E-state index contributed by atoms with van der Waals surface area (Å²) in [4.78, 5) is 29.3. The lowest BCUT2D eigenvalue weighted by Crippen LogP contribution is -2.55. The number of halogens is 1. The van der Waals surface area contributed by atoms with Gasteiger partial charge in [-0.25, -0.2) is 8.42 Å². The van der Waals surface area contributed by atoms with Crippen LogP contribution in [0.1, 0.15) is 38.5 Å². The maximum Gasteiger partial charge on any atom is 0.242 e. The van der Waals surface area contributed by atoms with Gasteiger partial charge in [-0.3, -0.25) is 9.59 Å². The number of amides is 2. The number of aliphatic hydroxyl groups is 1. The molecular weight excluding hydrogens is 478 g/mol. The lowest BCUT2D eigenvalue weighted by molar-refractivity contribution is -0.145. The molecule has 10 heteroatoms. The molecule has 2 unspecified atom stereocenters. The van der Waals surface area contributed by atoms with Crippen molar-refractivity contribution in [1.82, 2.24) is 14.5 Å². The van der Waals surface area contributed by atoms with Gasteiger partial charge in [-0.1, -0.05) is 23.7 Å². The first kappa shape index (κ1) is 24.9. The molecule has 2 aromatic carbocycles. The molecule has 184 valence electrons. The van der Waals surface area contributed by atoms with Crippen LogP contribution in [-0.2, 0) is 19.6 Å². The molecule has 0 spiro atoms. The normalized spacial score (nSPS) is 21.8. The van der Waals surface area contributed by atoms with Gasteiger partial charge >= 0.3 is 0 Å². The average Bonchev–Trinajstić information content (AvgIpc) is 2.81. The zero-order chi connectivity index (χ0) is 24.3. The van der Waals surface area contributed by atoms with Crippen LogP contribution in [0.2, 0.25) is 5.02 Å². The smallest absolute Gasteiger partial charge is 0.242 e. The monoisotopic (exact) mass is 507 g/mol. The largest absolute Gasteiger partial charge is 0.396 e. The summed E-state index contributed by atoms with van der Waals surface area (Å²) in [7, 11) is -3.94. The van der Waals surface area contributed by atoms with E-state index >= 15 is 0 Å². The summed E-state index contributed by atoms with van der Waals surface area (Å²) in [6.07, 6.45) is 4.27. The number of carbonyl (C=O) groups is 2. The van der Waals surface area contributed by atoms with Gasteiger partial charge in [0.1, 0.15) is 6.04 Å². The molecule has 2 saturated heterocycles. The van der Waals surface area contributed by atoms with Crippen molar-refractivity contribution in [2.24, 2.45) is 0 Å². The van der Waals surface area contributed by atoms with Crippen molar-refractivity contribution in [3.05, 3.63) is 41.4 Å². The molecule has 8 nitrogen and oxygen atoms in total. The fourth-order valence-corrected chi connectivity index (χ4v) is 6.30. The van der Waals surface area contributed by atoms with Crippen molar-refractivity contribution in [1.29, 1.82) is 0 Å². The minimum absolute atomic E-state index is 0.0109. The highest BCUT2D eigenvalue weighted by Crippen LogP contribution is 2.24. The van der Waals surface area contributed by atoms with Crippen molar-refractivity contribution in [2.75, 3.05) is 26.2 Å². The van der Waals surface area contributed by atoms with E-state index in [1.165, 1.54) is 11.0 Å². The number of likely N-dealkylation sites (tertiary alicyclic amines) is 2. The first-order valence-corrected chi connectivity index (χ1v) is 13.6. The van der Waals surface area contributed by atoms with E-state index in [1.807, 2.05) is 0 Å². The predicted octanol–water partition coefficient (Wildman–Crippen LogP) is 2.53. The van der Waals surface area contributed by atoms with E-state index in [-0.39, 0.29) is 35.9 Å². The maximum absolute atomic E-state index is 13.1. The van der Waals surface area contributed by atoms with Crippen molar-refractivity contribution < 1.29 is 23.1 Å². The van der Waals surface area contributed by atoms with Crippen LogP contribution in [0.4, 0.5) is 0 Å². The molecule has 2 aliphatic heterocycles. The Morgan fingerprint density at radius 1 is 1.06 bits per heavy atom. The van der Waals surface area contributed by atoms with E-state index < -0.39 is 16.1 Å². The van der Waals surface area contributed by atoms with Gasteiger partial charge in [-0.05, 0) is 73.6 Å². The number of sulfonamides is 1. The number of hydrogen-bond acceptors (Lipinski definition) is 5. The second kappa shape index (κ2) is 10.6. The Labute approximate surface area is 204 Å².